The third kappa shape index (κ3) is 2.48. The number of nitrogens with one attached hydrogen (secondary N) is 1. The minimum Gasteiger partial charge on any atom is -0.462 e. The van der Waals surface area contributed by atoms with Crippen LogP contribution in [0.15, 0.2) is 35.4 Å². The van der Waals surface area contributed by atoms with E-state index < -0.39 is 12.2 Å². The van der Waals surface area contributed by atoms with Gasteiger partial charge in [0.25, 0.3) is 12.1 Å². The van der Waals surface area contributed by atoms with E-state index in [1.165, 1.54) is 0 Å². The van der Waals surface area contributed by atoms with E-state index in [4.69, 9.17) is 9.47 Å². The van der Waals surface area contributed by atoms with E-state index in [1.54, 1.807) is 37.3 Å². The minimum atomic E-state index is -1.05. The van der Waals surface area contributed by atoms with Crippen LogP contribution in [0, 0.1) is 0 Å². The van der Waals surface area contributed by atoms with Crippen LogP contribution in [0.3, 0.4) is 0 Å². The van der Waals surface area contributed by atoms with Gasteiger partial charge in [0.05, 0.1) is 6.61 Å². The van der Waals surface area contributed by atoms with Crippen molar-refractivity contribution in [1.82, 2.24) is 5.43 Å². The summed E-state index contributed by atoms with van der Waals surface area (Å²) in [6.07, 6.45) is -1.05. The Balaban J connectivity index is 2.01. The Hall–Kier alpha value is -2.37. The van der Waals surface area contributed by atoms with Crippen molar-refractivity contribution in [3.63, 3.8) is 0 Å². The summed E-state index contributed by atoms with van der Waals surface area (Å²) >= 11 is 0. The van der Waals surface area contributed by atoms with Gasteiger partial charge in [-0.1, -0.05) is 30.3 Å². The van der Waals surface area contributed by atoms with E-state index in [2.05, 4.69) is 10.5 Å². The van der Waals surface area contributed by atoms with Gasteiger partial charge >= 0.3 is 5.97 Å². The van der Waals surface area contributed by atoms with Gasteiger partial charge in [-0.25, -0.2) is 4.79 Å². The third-order valence-electron chi connectivity index (χ3n) is 2.24. The number of hydrazone groups is 1. The molecular weight excluding hydrogens is 236 g/mol. The van der Waals surface area contributed by atoms with Gasteiger partial charge in [0.1, 0.15) is 0 Å². The Labute approximate surface area is 104 Å². The molecule has 1 aromatic rings. The van der Waals surface area contributed by atoms with E-state index >= 15 is 0 Å². The molecule has 1 N–H and O–H groups in total. The number of esters is 1. The van der Waals surface area contributed by atoms with Crippen molar-refractivity contribution in [2.24, 2.45) is 5.10 Å². The van der Waals surface area contributed by atoms with Crippen LogP contribution in [0.1, 0.15) is 17.3 Å². The fourth-order valence-corrected chi connectivity index (χ4v) is 1.42. The molecular formula is C12H12N2O4. The largest absolute Gasteiger partial charge is 0.462 e. The van der Waals surface area contributed by atoms with Gasteiger partial charge < -0.3 is 9.47 Å². The zero-order valence-corrected chi connectivity index (χ0v) is 9.75. The molecule has 0 saturated carbocycles. The van der Waals surface area contributed by atoms with Crippen molar-refractivity contribution in [2.45, 2.75) is 13.2 Å². The van der Waals surface area contributed by atoms with Crippen LogP contribution in [0.4, 0.5) is 0 Å². The summed E-state index contributed by atoms with van der Waals surface area (Å²) in [5, 5.41) is 3.69. The Kier molecular flexibility index (Phi) is 3.57. The Morgan fingerprint density at radius 1 is 1.39 bits per heavy atom. The molecule has 1 aromatic carbocycles. The molecule has 1 aliphatic rings. The lowest BCUT2D eigenvalue weighted by Gasteiger charge is -2.08. The van der Waals surface area contributed by atoms with Crippen LogP contribution in [0.25, 0.3) is 0 Å². The lowest BCUT2D eigenvalue weighted by Crippen LogP contribution is -2.34. The summed E-state index contributed by atoms with van der Waals surface area (Å²) in [4.78, 5) is 23.3. The molecule has 1 heterocycles. The van der Waals surface area contributed by atoms with Crippen molar-refractivity contribution < 1.29 is 19.1 Å². The number of ether oxygens (including phenoxy) is 2. The second kappa shape index (κ2) is 5.31. The molecule has 1 unspecified atom stereocenters. The van der Waals surface area contributed by atoms with E-state index in [1.807, 2.05) is 0 Å². The predicted octanol–water partition coefficient (Wildman–Crippen LogP) is 0.692. The Morgan fingerprint density at radius 3 is 2.78 bits per heavy atom. The first-order valence-corrected chi connectivity index (χ1v) is 5.48. The highest BCUT2D eigenvalue weighted by Crippen LogP contribution is 2.08. The lowest BCUT2D eigenvalue weighted by atomic mass is 10.1. The van der Waals surface area contributed by atoms with E-state index in [0.717, 1.165) is 0 Å². The van der Waals surface area contributed by atoms with Gasteiger partial charge in [0.2, 0.25) is 5.78 Å². The van der Waals surface area contributed by atoms with Gasteiger partial charge in [-0.2, -0.15) is 0 Å². The number of benzene rings is 1. The van der Waals surface area contributed by atoms with Gasteiger partial charge in [-0.05, 0) is 6.92 Å². The van der Waals surface area contributed by atoms with Crippen LogP contribution >= 0.6 is 0 Å². The average Bonchev–Trinajstić information content (AvgIpc) is 2.89. The van der Waals surface area contributed by atoms with Crippen molar-refractivity contribution >= 4 is 17.7 Å². The predicted molar refractivity (Wildman–Crippen MR) is 62.8 cm³/mol. The molecule has 6 heteroatoms. The highest BCUT2D eigenvalue weighted by Gasteiger charge is 2.31. The first-order chi connectivity index (χ1) is 8.72. The van der Waals surface area contributed by atoms with Crippen LogP contribution in [-0.4, -0.2) is 30.5 Å². The van der Waals surface area contributed by atoms with Crippen LogP contribution < -0.4 is 5.43 Å². The third-order valence-corrected chi connectivity index (χ3v) is 2.24. The van der Waals surface area contributed by atoms with Gasteiger partial charge in [-0.3, -0.25) is 10.2 Å². The van der Waals surface area contributed by atoms with Crippen LogP contribution in [0.5, 0.6) is 0 Å². The number of carbonyl (C=O) groups is 2. The molecule has 18 heavy (non-hydrogen) atoms. The summed E-state index contributed by atoms with van der Waals surface area (Å²) in [5.74, 6) is -1.12. The van der Waals surface area contributed by atoms with E-state index in [9.17, 15) is 9.59 Å². The lowest BCUT2D eigenvalue weighted by molar-refractivity contribution is -0.152. The molecule has 0 bridgehead atoms. The normalized spacial score (nSPS) is 17.4. The molecule has 0 aromatic heterocycles. The maximum atomic E-state index is 11.9. The maximum absolute atomic E-state index is 11.9. The number of carbonyl (C=O) groups excluding carboxylic acids is 2. The number of nitrogens with zero attached hydrogens (tertiary/aromatic N) is 1. The van der Waals surface area contributed by atoms with Crippen molar-refractivity contribution in [2.75, 3.05) is 6.61 Å². The van der Waals surface area contributed by atoms with Gasteiger partial charge in [0, 0.05) is 5.56 Å². The Morgan fingerprint density at radius 2 is 2.11 bits per heavy atom. The number of Topliss-reactive ketones (excluding diaryl/α,β-unsaturated/α-hetero) is 1. The first-order valence-electron chi connectivity index (χ1n) is 5.48. The zero-order chi connectivity index (χ0) is 13.0. The first kappa shape index (κ1) is 12.1. The van der Waals surface area contributed by atoms with Gasteiger partial charge in [-0.15, -0.1) is 5.10 Å². The van der Waals surface area contributed by atoms with E-state index in [0.29, 0.717) is 5.56 Å². The second-order valence-electron chi connectivity index (χ2n) is 3.49. The molecule has 0 radical (unpaired) electrons. The molecule has 0 amide bonds. The van der Waals surface area contributed by atoms with Crippen LogP contribution in [0.2, 0.25) is 0 Å². The molecule has 0 saturated heterocycles. The van der Waals surface area contributed by atoms with Crippen LogP contribution in [-0.2, 0) is 14.3 Å². The molecule has 94 valence electrons. The standard InChI is InChI=1S/C12H12N2O4/c1-2-17-12(16)11-14-13-10(18-11)9(15)8-6-4-3-5-7-8/h3-7,11,14H,2H2,1H3. The van der Waals surface area contributed by atoms with Gasteiger partial charge in [0.15, 0.2) is 0 Å². The van der Waals surface area contributed by atoms with E-state index in [-0.39, 0.29) is 18.3 Å². The SMILES string of the molecule is CCOC(=O)C1NN=C(C(=O)c2ccccc2)O1. The number of rotatable bonds is 4. The fraction of sp³-hybridized carbons (Fsp3) is 0.250. The molecule has 2 rings (SSSR count). The summed E-state index contributed by atoms with van der Waals surface area (Å²) < 4.78 is 9.86. The fourth-order valence-electron chi connectivity index (χ4n) is 1.42. The zero-order valence-electron chi connectivity index (χ0n) is 9.75. The summed E-state index contributed by atoms with van der Waals surface area (Å²) in [6.45, 7) is 1.92. The topological polar surface area (TPSA) is 77.0 Å². The quantitative estimate of drug-likeness (QED) is 0.626. The number of ketones is 1. The molecule has 0 fully saturated rings. The molecule has 0 spiro atoms. The smallest absolute Gasteiger partial charge is 0.370 e. The number of hydrogen-bond acceptors (Lipinski definition) is 6. The summed E-state index contributed by atoms with van der Waals surface area (Å²) in [6, 6.07) is 8.56. The highest BCUT2D eigenvalue weighted by molar-refractivity contribution is 6.43. The molecule has 1 aliphatic heterocycles. The highest BCUT2D eigenvalue weighted by atomic mass is 16.6. The van der Waals surface area contributed by atoms with Crippen molar-refractivity contribution in [3.8, 4) is 0 Å². The number of hydrogen-bond donors (Lipinski definition) is 1. The molecule has 0 aliphatic carbocycles. The summed E-state index contributed by atoms with van der Waals surface area (Å²) in [7, 11) is 0. The monoisotopic (exact) mass is 248 g/mol. The minimum absolute atomic E-state index is 0.140. The maximum Gasteiger partial charge on any atom is 0.370 e. The van der Waals surface area contributed by atoms with Crippen molar-refractivity contribution in [1.29, 1.82) is 0 Å². The Bertz CT molecular complexity index is 484. The summed E-state index contributed by atoms with van der Waals surface area (Å²) in [5.41, 5.74) is 2.86. The second-order valence-corrected chi connectivity index (χ2v) is 3.49. The van der Waals surface area contributed by atoms with Crippen molar-refractivity contribution in [3.05, 3.63) is 35.9 Å². The molecule has 6 nitrogen and oxygen atoms in total. The molecule has 1 atom stereocenters. The average molecular weight is 248 g/mol.